The second kappa shape index (κ2) is 9.67. The van der Waals surface area contributed by atoms with Crippen LogP contribution < -0.4 is 15.6 Å². The van der Waals surface area contributed by atoms with Gasteiger partial charge in [-0.3, -0.25) is 20.4 Å². The average Bonchev–Trinajstić information content (AvgIpc) is 2.51. The molecule has 5 nitrogen and oxygen atoms in total. The van der Waals surface area contributed by atoms with Crippen molar-refractivity contribution < 1.29 is 14.3 Å². The zero-order valence-electron chi connectivity index (χ0n) is 14.9. The van der Waals surface area contributed by atoms with Crippen molar-refractivity contribution in [1.82, 2.24) is 10.9 Å². The molecule has 0 radical (unpaired) electrons. The third-order valence-corrected chi connectivity index (χ3v) is 3.95. The molecule has 2 amide bonds. The van der Waals surface area contributed by atoms with Crippen molar-refractivity contribution in [2.24, 2.45) is 0 Å². The molecule has 2 N–H and O–H groups in total. The molecule has 134 valence electrons. The van der Waals surface area contributed by atoms with E-state index in [0.717, 1.165) is 29.3 Å². The van der Waals surface area contributed by atoms with Crippen molar-refractivity contribution in [1.29, 1.82) is 0 Å². The number of hydrazine groups is 1. The fraction of sp³-hybridized carbons (Fsp3) is 0.556. The lowest BCUT2D eigenvalue weighted by Crippen LogP contribution is -2.43. The minimum absolute atomic E-state index is 0.108. The smallest absolute Gasteiger partial charge is 0.276 e. The second-order valence-corrected chi connectivity index (χ2v) is 7.65. The molecular weight excluding hydrogens is 372 g/mol. The number of carbonyl (C=O) groups excluding carboxylic acids is 2. The SMILES string of the molecule is CCCCCC(=O)NNC(=O)COc1ccc(Br)cc1C(C)(C)C. The van der Waals surface area contributed by atoms with E-state index in [4.69, 9.17) is 4.74 Å². The molecule has 0 aliphatic carbocycles. The highest BCUT2D eigenvalue weighted by molar-refractivity contribution is 9.10. The van der Waals surface area contributed by atoms with Crippen molar-refractivity contribution in [2.45, 2.75) is 58.8 Å². The van der Waals surface area contributed by atoms with Gasteiger partial charge in [0.15, 0.2) is 6.61 Å². The highest BCUT2D eigenvalue weighted by Crippen LogP contribution is 2.33. The van der Waals surface area contributed by atoms with Crippen LogP contribution in [0, 0.1) is 0 Å². The number of ether oxygens (including phenoxy) is 1. The lowest BCUT2D eigenvalue weighted by atomic mass is 9.86. The summed E-state index contributed by atoms with van der Waals surface area (Å²) in [6, 6.07) is 5.70. The summed E-state index contributed by atoms with van der Waals surface area (Å²) < 4.78 is 6.59. The molecule has 1 aromatic carbocycles. The lowest BCUT2D eigenvalue weighted by molar-refractivity contribution is -0.130. The van der Waals surface area contributed by atoms with E-state index >= 15 is 0 Å². The monoisotopic (exact) mass is 398 g/mol. The van der Waals surface area contributed by atoms with Gasteiger partial charge in [0.05, 0.1) is 0 Å². The summed E-state index contributed by atoms with van der Waals surface area (Å²) in [6.45, 7) is 8.17. The molecule has 1 aromatic rings. The Kier molecular flexibility index (Phi) is 8.25. The maximum absolute atomic E-state index is 11.8. The number of hydrogen-bond acceptors (Lipinski definition) is 3. The summed E-state index contributed by atoms with van der Waals surface area (Å²) in [4.78, 5) is 23.4. The van der Waals surface area contributed by atoms with E-state index < -0.39 is 0 Å². The van der Waals surface area contributed by atoms with Gasteiger partial charge in [0.2, 0.25) is 5.91 Å². The van der Waals surface area contributed by atoms with Crippen LogP contribution in [0.2, 0.25) is 0 Å². The summed E-state index contributed by atoms with van der Waals surface area (Å²) in [5.41, 5.74) is 5.68. The van der Waals surface area contributed by atoms with Gasteiger partial charge in [0.25, 0.3) is 5.91 Å². The average molecular weight is 399 g/mol. The molecular formula is C18H27BrN2O3. The van der Waals surface area contributed by atoms with Crippen LogP contribution in [-0.4, -0.2) is 18.4 Å². The Labute approximate surface area is 152 Å². The summed E-state index contributed by atoms with van der Waals surface area (Å²) >= 11 is 3.45. The number of hydrogen-bond donors (Lipinski definition) is 2. The molecule has 6 heteroatoms. The Morgan fingerprint density at radius 1 is 1.12 bits per heavy atom. The van der Waals surface area contributed by atoms with E-state index in [1.165, 1.54) is 0 Å². The number of nitrogens with one attached hydrogen (secondary N) is 2. The number of carbonyl (C=O) groups is 2. The Morgan fingerprint density at radius 2 is 1.79 bits per heavy atom. The zero-order valence-corrected chi connectivity index (χ0v) is 16.5. The molecule has 0 heterocycles. The van der Waals surface area contributed by atoms with Gasteiger partial charge in [-0.05, 0) is 30.0 Å². The van der Waals surface area contributed by atoms with Gasteiger partial charge >= 0.3 is 0 Å². The van der Waals surface area contributed by atoms with Gasteiger partial charge in [-0.15, -0.1) is 0 Å². The molecule has 0 atom stereocenters. The summed E-state index contributed by atoms with van der Waals surface area (Å²) in [5.74, 6) is 0.0903. The van der Waals surface area contributed by atoms with E-state index in [2.05, 4.69) is 54.5 Å². The van der Waals surface area contributed by atoms with Gasteiger partial charge in [-0.1, -0.05) is 56.5 Å². The van der Waals surface area contributed by atoms with Crippen LogP contribution >= 0.6 is 15.9 Å². The van der Waals surface area contributed by atoms with Crippen molar-refractivity contribution in [3.63, 3.8) is 0 Å². The van der Waals surface area contributed by atoms with Gasteiger partial charge in [-0.2, -0.15) is 0 Å². The molecule has 0 saturated carbocycles. The first-order valence-corrected chi connectivity index (χ1v) is 9.04. The van der Waals surface area contributed by atoms with Crippen molar-refractivity contribution in [2.75, 3.05) is 6.61 Å². The first kappa shape index (κ1) is 20.5. The van der Waals surface area contributed by atoms with E-state index in [1.807, 2.05) is 18.2 Å². The zero-order chi connectivity index (χ0) is 18.2. The van der Waals surface area contributed by atoms with Gasteiger partial charge < -0.3 is 4.74 Å². The Balaban J connectivity index is 2.49. The van der Waals surface area contributed by atoms with Crippen molar-refractivity contribution in [3.8, 4) is 5.75 Å². The second-order valence-electron chi connectivity index (χ2n) is 6.73. The first-order valence-electron chi connectivity index (χ1n) is 8.24. The molecule has 24 heavy (non-hydrogen) atoms. The highest BCUT2D eigenvalue weighted by atomic mass is 79.9. The minimum Gasteiger partial charge on any atom is -0.483 e. The molecule has 0 aromatic heterocycles. The van der Waals surface area contributed by atoms with Gasteiger partial charge in [0, 0.05) is 16.5 Å². The molecule has 0 aliphatic rings. The van der Waals surface area contributed by atoms with Crippen LogP contribution in [0.15, 0.2) is 22.7 Å². The summed E-state index contributed by atoms with van der Waals surface area (Å²) in [5, 5.41) is 0. The molecule has 0 saturated heterocycles. The summed E-state index contributed by atoms with van der Waals surface area (Å²) in [7, 11) is 0. The minimum atomic E-state index is -0.387. The quantitative estimate of drug-likeness (QED) is 0.541. The summed E-state index contributed by atoms with van der Waals surface area (Å²) in [6.07, 6.45) is 3.29. The van der Waals surface area contributed by atoms with Crippen LogP contribution in [0.5, 0.6) is 5.75 Å². The molecule has 0 aliphatic heterocycles. The lowest BCUT2D eigenvalue weighted by Gasteiger charge is -2.23. The number of benzene rings is 1. The van der Waals surface area contributed by atoms with Gasteiger partial charge in [0.1, 0.15) is 5.75 Å². The number of halogens is 1. The van der Waals surface area contributed by atoms with Gasteiger partial charge in [-0.25, -0.2) is 0 Å². The van der Waals surface area contributed by atoms with Crippen LogP contribution in [0.25, 0.3) is 0 Å². The van der Waals surface area contributed by atoms with Crippen LogP contribution in [0.3, 0.4) is 0 Å². The third-order valence-electron chi connectivity index (χ3n) is 3.46. The van der Waals surface area contributed by atoms with E-state index in [9.17, 15) is 9.59 Å². The maximum Gasteiger partial charge on any atom is 0.276 e. The predicted molar refractivity (Wildman–Crippen MR) is 98.8 cm³/mol. The normalized spacial score (nSPS) is 11.0. The van der Waals surface area contributed by atoms with Crippen LogP contribution in [-0.2, 0) is 15.0 Å². The van der Waals surface area contributed by atoms with E-state index in [0.29, 0.717) is 12.2 Å². The molecule has 0 fully saturated rings. The third kappa shape index (κ3) is 7.34. The molecule has 0 spiro atoms. The predicted octanol–water partition coefficient (Wildman–Crippen LogP) is 3.85. The maximum atomic E-state index is 11.8. The highest BCUT2D eigenvalue weighted by Gasteiger charge is 2.20. The van der Waals surface area contributed by atoms with Crippen LogP contribution in [0.4, 0.5) is 0 Å². The van der Waals surface area contributed by atoms with Crippen molar-refractivity contribution >= 4 is 27.7 Å². The Hall–Kier alpha value is -1.56. The number of rotatable bonds is 7. The molecule has 0 bridgehead atoms. The van der Waals surface area contributed by atoms with Crippen LogP contribution in [0.1, 0.15) is 58.9 Å². The van der Waals surface area contributed by atoms with E-state index in [1.54, 1.807) is 0 Å². The van der Waals surface area contributed by atoms with Crippen molar-refractivity contribution in [3.05, 3.63) is 28.2 Å². The Morgan fingerprint density at radius 3 is 2.42 bits per heavy atom. The standard InChI is InChI=1S/C18H27BrN2O3/c1-5-6-7-8-16(22)20-21-17(23)12-24-15-10-9-13(19)11-14(15)18(2,3)4/h9-11H,5-8,12H2,1-4H3,(H,20,22)(H,21,23). The fourth-order valence-electron chi connectivity index (χ4n) is 2.13. The number of unbranched alkanes of at least 4 members (excludes halogenated alkanes) is 2. The van der Waals surface area contributed by atoms with E-state index in [-0.39, 0.29) is 23.8 Å². The Bertz CT molecular complexity index is 568. The molecule has 0 unspecified atom stereocenters. The largest absolute Gasteiger partial charge is 0.483 e. The molecule has 1 rings (SSSR count). The first-order chi connectivity index (χ1) is 11.2. The number of amides is 2. The topological polar surface area (TPSA) is 67.4 Å². The fourth-order valence-corrected chi connectivity index (χ4v) is 2.49.